The molecule has 1 aromatic rings. The molecule has 2 nitrogen and oxygen atoms in total. The zero-order valence-corrected chi connectivity index (χ0v) is 13.6. The van der Waals surface area contributed by atoms with Crippen LogP contribution in [0.3, 0.4) is 0 Å². The van der Waals surface area contributed by atoms with E-state index in [1.165, 1.54) is 44.1 Å². The molecule has 1 aliphatic heterocycles. The second-order valence-corrected chi connectivity index (χ2v) is 7.06. The Hall–Kier alpha value is -0.890. The lowest BCUT2D eigenvalue weighted by Gasteiger charge is -2.21. The summed E-state index contributed by atoms with van der Waals surface area (Å²) in [5.41, 5.74) is 1.18. The summed E-state index contributed by atoms with van der Waals surface area (Å²) in [6.45, 7) is 3.58. The summed E-state index contributed by atoms with van der Waals surface area (Å²) in [6.07, 6.45) is 7.85. The van der Waals surface area contributed by atoms with Crippen LogP contribution < -0.4 is 9.47 Å². The summed E-state index contributed by atoms with van der Waals surface area (Å²) in [4.78, 5) is 0. The van der Waals surface area contributed by atoms with Crippen LogP contribution in [0.25, 0.3) is 0 Å². The summed E-state index contributed by atoms with van der Waals surface area (Å²) in [7, 11) is 0. The lowest BCUT2D eigenvalue weighted by Crippen LogP contribution is -2.12. The number of fused-ring (bicyclic) bond motifs is 1. The lowest BCUT2D eigenvalue weighted by atomic mass is 9.92. The van der Waals surface area contributed by atoms with E-state index < -0.39 is 0 Å². The standard InChI is InChI=1S/C18H25ClO2/c1-13-11-20-16-9-8-15(10-17(16)21-12-13)18(19)14-6-4-2-3-5-7-14/h8-10,13-14,18H,2-7,11-12H2,1H3. The number of rotatable bonds is 2. The molecule has 1 aliphatic carbocycles. The average molecular weight is 309 g/mol. The van der Waals surface area contributed by atoms with Crippen molar-refractivity contribution in [3.8, 4) is 11.5 Å². The molecule has 1 fully saturated rings. The van der Waals surface area contributed by atoms with Crippen molar-refractivity contribution in [2.75, 3.05) is 13.2 Å². The zero-order valence-electron chi connectivity index (χ0n) is 12.8. The van der Waals surface area contributed by atoms with Gasteiger partial charge < -0.3 is 9.47 Å². The third-order valence-electron chi connectivity index (χ3n) is 4.65. The zero-order chi connectivity index (χ0) is 14.7. The Bertz CT molecular complexity index is 466. The van der Waals surface area contributed by atoms with Crippen LogP contribution >= 0.6 is 11.6 Å². The van der Waals surface area contributed by atoms with Crippen LogP contribution in [0.4, 0.5) is 0 Å². The average Bonchev–Trinajstić information content (AvgIpc) is 2.88. The Labute approximate surface area is 132 Å². The fourth-order valence-electron chi connectivity index (χ4n) is 3.32. The van der Waals surface area contributed by atoms with Crippen molar-refractivity contribution in [3.05, 3.63) is 23.8 Å². The number of alkyl halides is 1. The molecular weight excluding hydrogens is 284 g/mol. The van der Waals surface area contributed by atoms with E-state index >= 15 is 0 Å². The van der Waals surface area contributed by atoms with Gasteiger partial charge in [-0.2, -0.15) is 0 Å². The summed E-state index contributed by atoms with van der Waals surface area (Å²) in [5, 5.41) is 0.0951. The molecule has 2 aliphatic rings. The van der Waals surface area contributed by atoms with Crippen molar-refractivity contribution in [1.29, 1.82) is 0 Å². The van der Waals surface area contributed by atoms with Gasteiger partial charge in [-0.15, -0.1) is 11.6 Å². The summed E-state index contributed by atoms with van der Waals surface area (Å²) < 4.78 is 11.7. The van der Waals surface area contributed by atoms with E-state index in [-0.39, 0.29) is 5.38 Å². The smallest absolute Gasteiger partial charge is 0.161 e. The van der Waals surface area contributed by atoms with Crippen LogP contribution in [0.15, 0.2) is 18.2 Å². The highest BCUT2D eigenvalue weighted by molar-refractivity contribution is 6.21. The first kappa shape index (κ1) is 15.0. The van der Waals surface area contributed by atoms with Crippen LogP contribution in [0.2, 0.25) is 0 Å². The van der Waals surface area contributed by atoms with Crippen LogP contribution in [0, 0.1) is 11.8 Å². The van der Waals surface area contributed by atoms with Crippen LogP contribution in [-0.2, 0) is 0 Å². The quantitative estimate of drug-likeness (QED) is 0.542. The molecule has 3 heteroatoms. The molecule has 0 saturated heterocycles. The van der Waals surface area contributed by atoms with E-state index in [0.717, 1.165) is 18.1 Å². The van der Waals surface area contributed by atoms with Gasteiger partial charge in [-0.05, 0) is 36.5 Å². The Morgan fingerprint density at radius 3 is 2.38 bits per heavy atom. The third kappa shape index (κ3) is 3.66. The first-order valence-electron chi connectivity index (χ1n) is 8.27. The third-order valence-corrected chi connectivity index (χ3v) is 5.25. The van der Waals surface area contributed by atoms with Crippen molar-refractivity contribution >= 4 is 11.6 Å². The second kappa shape index (κ2) is 6.91. The minimum absolute atomic E-state index is 0.0951. The van der Waals surface area contributed by atoms with E-state index in [1.54, 1.807) is 0 Å². The van der Waals surface area contributed by atoms with Gasteiger partial charge in [-0.25, -0.2) is 0 Å². The summed E-state index contributed by atoms with van der Waals surface area (Å²) in [6, 6.07) is 6.23. The van der Waals surface area contributed by atoms with Crippen molar-refractivity contribution in [3.63, 3.8) is 0 Å². The first-order valence-corrected chi connectivity index (χ1v) is 8.71. The minimum Gasteiger partial charge on any atom is -0.489 e. The molecule has 0 bridgehead atoms. The largest absolute Gasteiger partial charge is 0.489 e. The van der Waals surface area contributed by atoms with Gasteiger partial charge in [0.05, 0.1) is 18.6 Å². The molecule has 3 rings (SSSR count). The highest BCUT2D eigenvalue weighted by Crippen LogP contribution is 2.41. The maximum Gasteiger partial charge on any atom is 0.161 e. The van der Waals surface area contributed by atoms with Gasteiger partial charge >= 0.3 is 0 Å². The highest BCUT2D eigenvalue weighted by atomic mass is 35.5. The van der Waals surface area contributed by atoms with E-state index in [4.69, 9.17) is 21.1 Å². The summed E-state index contributed by atoms with van der Waals surface area (Å²) in [5.74, 6) is 2.73. The van der Waals surface area contributed by atoms with Crippen LogP contribution in [0.5, 0.6) is 11.5 Å². The highest BCUT2D eigenvalue weighted by Gasteiger charge is 2.24. The predicted octanol–water partition coefficient (Wildman–Crippen LogP) is 5.34. The number of benzene rings is 1. The molecule has 0 N–H and O–H groups in total. The van der Waals surface area contributed by atoms with Crippen molar-refractivity contribution < 1.29 is 9.47 Å². The molecule has 1 heterocycles. The molecule has 2 atom stereocenters. The fraction of sp³-hybridized carbons (Fsp3) is 0.667. The van der Waals surface area contributed by atoms with Crippen LogP contribution in [0.1, 0.15) is 56.4 Å². The molecule has 1 aromatic carbocycles. The maximum atomic E-state index is 6.77. The molecule has 2 unspecified atom stereocenters. The molecule has 21 heavy (non-hydrogen) atoms. The molecule has 0 aromatic heterocycles. The number of hydrogen-bond acceptors (Lipinski definition) is 2. The lowest BCUT2D eigenvalue weighted by molar-refractivity contribution is 0.228. The first-order chi connectivity index (χ1) is 10.2. The SMILES string of the molecule is CC1COc2ccc(C(Cl)C3CCCCCC3)cc2OC1. The Balaban J connectivity index is 1.76. The molecule has 116 valence electrons. The number of halogens is 1. The monoisotopic (exact) mass is 308 g/mol. The Morgan fingerprint density at radius 2 is 1.67 bits per heavy atom. The maximum absolute atomic E-state index is 6.77. The normalized spacial score (nSPS) is 25.0. The molecule has 0 amide bonds. The Kier molecular flexibility index (Phi) is 4.95. The molecule has 0 radical (unpaired) electrons. The molecular formula is C18H25ClO2. The van der Waals surface area contributed by atoms with Gasteiger partial charge in [0.15, 0.2) is 11.5 Å². The van der Waals surface area contributed by atoms with Gasteiger partial charge in [0, 0.05) is 5.92 Å². The number of hydrogen-bond donors (Lipinski definition) is 0. The minimum atomic E-state index is 0.0951. The van der Waals surface area contributed by atoms with Crippen molar-refractivity contribution in [2.45, 2.75) is 50.8 Å². The van der Waals surface area contributed by atoms with Gasteiger partial charge in [-0.3, -0.25) is 0 Å². The topological polar surface area (TPSA) is 18.5 Å². The number of ether oxygens (including phenoxy) is 2. The fourth-order valence-corrected chi connectivity index (χ4v) is 3.70. The van der Waals surface area contributed by atoms with E-state index in [0.29, 0.717) is 18.4 Å². The van der Waals surface area contributed by atoms with Gasteiger partial charge in [0.2, 0.25) is 0 Å². The van der Waals surface area contributed by atoms with E-state index in [2.05, 4.69) is 19.1 Å². The van der Waals surface area contributed by atoms with E-state index in [1.807, 2.05) is 6.07 Å². The van der Waals surface area contributed by atoms with Gasteiger partial charge in [0.25, 0.3) is 0 Å². The second-order valence-electron chi connectivity index (χ2n) is 6.59. The predicted molar refractivity (Wildman–Crippen MR) is 86.4 cm³/mol. The van der Waals surface area contributed by atoms with E-state index in [9.17, 15) is 0 Å². The molecule has 0 spiro atoms. The van der Waals surface area contributed by atoms with Crippen molar-refractivity contribution in [1.82, 2.24) is 0 Å². The molecule has 1 saturated carbocycles. The van der Waals surface area contributed by atoms with Gasteiger partial charge in [-0.1, -0.05) is 38.7 Å². The van der Waals surface area contributed by atoms with Crippen LogP contribution in [-0.4, -0.2) is 13.2 Å². The Morgan fingerprint density at radius 1 is 1.00 bits per heavy atom. The van der Waals surface area contributed by atoms with Crippen molar-refractivity contribution in [2.24, 2.45) is 11.8 Å². The van der Waals surface area contributed by atoms with Gasteiger partial charge in [0.1, 0.15) is 0 Å². The summed E-state index contributed by atoms with van der Waals surface area (Å²) >= 11 is 6.77.